The lowest BCUT2D eigenvalue weighted by Crippen LogP contribution is -2.40. The molecule has 2 fully saturated rings. The summed E-state index contributed by atoms with van der Waals surface area (Å²) in [5.74, 6) is 3.47. The Labute approximate surface area is 111 Å². The van der Waals surface area contributed by atoms with Crippen molar-refractivity contribution in [3.05, 3.63) is 0 Å². The van der Waals surface area contributed by atoms with E-state index in [1.165, 1.54) is 56.8 Å². The maximum absolute atomic E-state index is 3.65. The van der Waals surface area contributed by atoms with Gasteiger partial charge in [0.25, 0.3) is 0 Å². The van der Waals surface area contributed by atoms with Gasteiger partial charge in [-0.1, -0.05) is 13.8 Å². The first-order valence-electron chi connectivity index (χ1n) is 7.31. The molecule has 2 rings (SSSR count). The Morgan fingerprint density at radius 1 is 1.29 bits per heavy atom. The van der Waals surface area contributed by atoms with Gasteiger partial charge in [0.05, 0.1) is 0 Å². The van der Waals surface area contributed by atoms with E-state index < -0.39 is 0 Å². The Morgan fingerprint density at radius 2 is 2.12 bits per heavy atom. The topological polar surface area (TPSA) is 15.3 Å². The smallest absolute Gasteiger partial charge is 0.0170 e. The summed E-state index contributed by atoms with van der Waals surface area (Å²) in [6, 6.07) is 1.71. The molecule has 1 aliphatic heterocycles. The van der Waals surface area contributed by atoms with E-state index in [4.69, 9.17) is 0 Å². The SMILES string of the molecule is CC(C)CCN(CCC1CSCCN1)C1CC1. The Balaban J connectivity index is 1.65. The van der Waals surface area contributed by atoms with E-state index in [1.54, 1.807) is 0 Å². The van der Waals surface area contributed by atoms with Gasteiger partial charge in [-0.25, -0.2) is 0 Å². The van der Waals surface area contributed by atoms with Crippen molar-refractivity contribution < 1.29 is 0 Å². The number of nitrogens with zero attached hydrogens (tertiary/aromatic N) is 1. The van der Waals surface area contributed by atoms with Crippen molar-refractivity contribution in [2.45, 2.75) is 51.6 Å². The van der Waals surface area contributed by atoms with Crippen molar-refractivity contribution in [1.29, 1.82) is 0 Å². The molecular formula is C14H28N2S. The highest BCUT2D eigenvalue weighted by Crippen LogP contribution is 2.27. The molecule has 1 unspecified atom stereocenters. The molecule has 2 aliphatic rings. The summed E-state index contributed by atoms with van der Waals surface area (Å²) < 4.78 is 0. The number of rotatable bonds is 7. The van der Waals surface area contributed by atoms with E-state index in [0.717, 1.165) is 18.0 Å². The molecule has 0 amide bonds. The average molecular weight is 256 g/mol. The Bertz CT molecular complexity index is 210. The van der Waals surface area contributed by atoms with Crippen LogP contribution < -0.4 is 5.32 Å². The highest BCUT2D eigenvalue weighted by Gasteiger charge is 2.29. The van der Waals surface area contributed by atoms with Gasteiger partial charge in [-0.05, 0) is 44.7 Å². The molecule has 0 aromatic heterocycles. The summed E-state index contributed by atoms with van der Waals surface area (Å²) in [5, 5.41) is 3.65. The van der Waals surface area contributed by atoms with Crippen LogP contribution in [0.5, 0.6) is 0 Å². The van der Waals surface area contributed by atoms with Crippen LogP contribution in [0.4, 0.5) is 0 Å². The van der Waals surface area contributed by atoms with Gasteiger partial charge < -0.3 is 10.2 Å². The standard InChI is InChI=1S/C14H28N2S/c1-12(2)5-8-16(14-3-4-14)9-6-13-11-17-10-7-15-13/h12-15H,3-11H2,1-2H3. The van der Waals surface area contributed by atoms with Crippen molar-refractivity contribution >= 4 is 11.8 Å². The molecule has 100 valence electrons. The van der Waals surface area contributed by atoms with Crippen LogP contribution in [-0.4, -0.2) is 48.1 Å². The summed E-state index contributed by atoms with van der Waals surface area (Å²) in [5.41, 5.74) is 0. The minimum absolute atomic E-state index is 0.772. The third kappa shape index (κ3) is 5.19. The van der Waals surface area contributed by atoms with Gasteiger partial charge >= 0.3 is 0 Å². The number of nitrogens with one attached hydrogen (secondary N) is 1. The Morgan fingerprint density at radius 3 is 2.71 bits per heavy atom. The molecule has 2 nitrogen and oxygen atoms in total. The summed E-state index contributed by atoms with van der Waals surface area (Å²) in [4.78, 5) is 2.75. The molecule has 17 heavy (non-hydrogen) atoms. The molecule has 3 heteroatoms. The third-order valence-corrected chi connectivity index (χ3v) is 4.95. The lowest BCUT2D eigenvalue weighted by atomic mass is 10.1. The second kappa shape index (κ2) is 7.01. The molecule has 1 saturated heterocycles. The first-order chi connectivity index (χ1) is 8.25. The molecule has 0 radical (unpaired) electrons. The van der Waals surface area contributed by atoms with Crippen molar-refractivity contribution in [2.24, 2.45) is 5.92 Å². The van der Waals surface area contributed by atoms with Gasteiger partial charge in [0.15, 0.2) is 0 Å². The predicted molar refractivity (Wildman–Crippen MR) is 77.8 cm³/mol. The normalized spacial score (nSPS) is 25.8. The largest absolute Gasteiger partial charge is 0.312 e. The summed E-state index contributed by atoms with van der Waals surface area (Å²) in [7, 11) is 0. The first-order valence-corrected chi connectivity index (χ1v) is 8.46. The lowest BCUT2D eigenvalue weighted by molar-refractivity contribution is 0.236. The van der Waals surface area contributed by atoms with E-state index in [0.29, 0.717) is 0 Å². The van der Waals surface area contributed by atoms with Crippen molar-refractivity contribution in [2.75, 3.05) is 31.1 Å². The molecule has 1 N–H and O–H groups in total. The summed E-state index contributed by atoms with van der Waals surface area (Å²) in [6.45, 7) is 8.53. The zero-order valence-corrected chi connectivity index (χ0v) is 12.3. The van der Waals surface area contributed by atoms with Crippen LogP contribution in [-0.2, 0) is 0 Å². The highest BCUT2D eigenvalue weighted by atomic mass is 32.2. The van der Waals surface area contributed by atoms with Gasteiger partial charge in [-0.2, -0.15) is 11.8 Å². The van der Waals surface area contributed by atoms with Gasteiger partial charge in [0.2, 0.25) is 0 Å². The van der Waals surface area contributed by atoms with Crippen LogP contribution in [0.1, 0.15) is 39.5 Å². The van der Waals surface area contributed by atoms with Crippen LogP contribution in [0.3, 0.4) is 0 Å². The number of hydrogen-bond acceptors (Lipinski definition) is 3. The molecule has 1 saturated carbocycles. The quantitative estimate of drug-likeness (QED) is 0.754. The van der Waals surface area contributed by atoms with E-state index in [1.807, 2.05) is 0 Å². The van der Waals surface area contributed by atoms with Gasteiger partial charge in [-0.3, -0.25) is 0 Å². The van der Waals surface area contributed by atoms with Crippen LogP contribution in [0.2, 0.25) is 0 Å². The molecule has 1 aliphatic carbocycles. The third-order valence-electron chi connectivity index (χ3n) is 3.82. The first kappa shape index (κ1) is 13.7. The molecule has 1 atom stereocenters. The molecule has 0 bridgehead atoms. The van der Waals surface area contributed by atoms with Crippen molar-refractivity contribution in [3.8, 4) is 0 Å². The van der Waals surface area contributed by atoms with E-state index in [-0.39, 0.29) is 0 Å². The Hall–Kier alpha value is 0.270. The fraction of sp³-hybridized carbons (Fsp3) is 1.00. The van der Waals surface area contributed by atoms with E-state index in [9.17, 15) is 0 Å². The van der Waals surface area contributed by atoms with Gasteiger partial charge in [0, 0.05) is 30.1 Å². The molecular weight excluding hydrogens is 228 g/mol. The number of thioether (sulfide) groups is 1. The number of hydrogen-bond donors (Lipinski definition) is 1. The fourth-order valence-electron chi connectivity index (χ4n) is 2.47. The second-order valence-electron chi connectivity index (χ2n) is 5.96. The minimum atomic E-state index is 0.772. The monoisotopic (exact) mass is 256 g/mol. The lowest BCUT2D eigenvalue weighted by Gasteiger charge is -2.28. The van der Waals surface area contributed by atoms with Crippen LogP contribution in [0.15, 0.2) is 0 Å². The molecule has 0 aromatic carbocycles. The zero-order chi connectivity index (χ0) is 12.1. The molecule has 1 heterocycles. The van der Waals surface area contributed by atoms with Gasteiger partial charge in [0.1, 0.15) is 0 Å². The van der Waals surface area contributed by atoms with Crippen LogP contribution in [0, 0.1) is 5.92 Å². The predicted octanol–water partition coefficient (Wildman–Crippen LogP) is 2.59. The van der Waals surface area contributed by atoms with Crippen molar-refractivity contribution in [1.82, 2.24) is 10.2 Å². The van der Waals surface area contributed by atoms with Crippen LogP contribution >= 0.6 is 11.8 Å². The fourth-order valence-corrected chi connectivity index (χ4v) is 3.47. The summed E-state index contributed by atoms with van der Waals surface area (Å²) in [6.07, 6.45) is 5.61. The molecule has 0 spiro atoms. The van der Waals surface area contributed by atoms with Crippen LogP contribution in [0.25, 0.3) is 0 Å². The maximum Gasteiger partial charge on any atom is 0.0170 e. The maximum atomic E-state index is 3.65. The van der Waals surface area contributed by atoms with Crippen molar-refractivity contribution in [3.63, 3.8) is 0 Å². The van der Waals surface area contributed by atoms with E-state index in [2.05, 4.69) is 35.8 Å². The minimum Gasteiger partial charge on any atom is -0.312 e. The van der Waals surface area contributed by atoms with E-state index >= 15 is 0 Å². The zero-order valence-electron chi connectivity index (χ0n) is 11.5. The van der Waals surface area contributed by atoms with Gasteiger partial charge in [-0.15, -0.1) is 0 Å². The molecule has 0 aromatic rings. The Kier molecular flexibility index (Phi) is 5.64. The summed E-state index contributed by atoms with van der Waals surface area (Å²) >= 11 is 2.12. The second-order valence-corrected chi connectivity index (χ2v) is 7.11. The highest BCUT2D eigenvalue weighted by molar-refractivity contribution is 7.99. The average Bonchev–Trinajstić information content (AvgIpc) is 3.14.